The molecule has 0 radical (unpaired) electrons. The second-order valence-electron chi connectivity index (χ2n) is 6.92. The van der Waals surface area contributed by atoms with Crippen molar-refractivity contribution < 1.29 is 17.7 Å². The van der Waals surface area contributed by atoms with Crippen LogP contribution in [-0.4, -0.2) is 37.9 Å². The van der Waals surface area contributed by atoms with Gasteiger partial charge in [-0.1, -0.05) is 17.7 Å². The number of fused-ring (bicyclic) bond motifs is 1. The molecule has 0 spiro atoms. The lowest BCUT2D eigenvalue weighted by Gasteiger charge is -2.28. The Morgan fingerprint density at radius 2 is 1.93 bits per heavy atom. The van der Waals surface area contributed by atoms with E-state index < -0.39 is 15.8 Å². The van der Waals surface area contributed by atoms with Gasteiger partial charge in [0.15, 0.2) is 0 Å². The van der Waals surface area contributed by atoms with Crippen LogP contribution in [0.3, 0.4) is 0 Å². The molecule has 2 aromatic carbocycles. The Kier molecular flexibility index (Phi) is 8.57. The second kappa shape index (κ2) is 10.5. The van der Waals surface area contributed by atoms with E-state index in [0.717, 1.165) is 49.2 Å². The van der Waals surface area contributed by atoms with Gasteiger partial charge >= 0.3 is 0 Å². The lowest BCUT2D eigenvalue weighted by atomic mass is 9.99. The van der Waals surface area contributed by atoms with Crippen molar-refractivity contribution in [3.05, 3.63) is 68.5 Å². The minimum Gasteiger partial charge on any atom is -0.299 e. The fraction of sp³-hybridized carbons (Fsp3) is 0.368. The standard InChI is InChI=1S/C19H21ClFN3O4S.ClH/c20-18-12-17(5-6-19(18)21)29(27,28)22-8-1-2-9-23-10-7-14-3-4-16(24(25)26)11-15(14)13-23;/h3-6,11-12,22H,1-2,7-10,13H2;1H. The van der Waals surface area contributed by atoms with Crippen LogP contribution in [0.4, 0.5) is 10.1 Å². The number of non-ortho nitro benzene ring substituents is 1. The molecule has 0 unspecified atom stereocenters. The van der Waals surface area contributed by atoms with Gasteiger partial charge in [-0.15, -0.1) is 12.4 Å². The predicted molar refractivity (Wildman–Crippen MR) is 115 cm³/mol. The first-order valence-electron chi connectivity index (χ1n) is 9.19. The third-order valence-electron chi connectivity index (χ3n) is 4.89. The molecule has 2 aromatic rings. The molecule has 0 aromatic heterocycles. The van der Waals surface area contributed by atoms with Gasteiger partial charge in [-0.3, -0.25) is 15.0 Å². The highest BCUT2D eigenvalue weighted by molar-refractivity contribution is 7.89. The molecule has 3 rings (SSSR count). The summed E-state index contributed by atoms with van der Waals surface area (Å²) in [7, 11) is -3.74. The summed E-state index contributed by atoms with van der Waals surface area (Å²) >= 11 is 5.64. The van der Waals surface area contributed by atoms with Gasteiger partial charge in [0.1, 0.15) is 5.82 Å². The maximum Gasteiger partial charge on any atom is 0.269 e. The molecule has 1 aliphatic heterocycles. The SMILES string of the molecule is Cl.O=[N+]([O-])c1ccc2c(c1)CN(CCCCNS(=O)(=O)c1ccc(F)c(Cl)c1)CC2. The van der Waals surface area contributed by atoms with Crippen LogP contribution in [0, 0.1) is 15.9 Å². The van der Waals surface area contributed by atoms with Crippen molar-refractivity contribution in [3.63, 3.8) is 0 Å². The number of benzene rings is 2. The molecule has 0 saturated carbocycles. The number of sulfonamides is 1. The summed E-state index contributed by atoms with van der Waals surface area (Å²) in [6.45, 7) is 2.54. The van der Waals surface area contributed by atoms with E-state index in [1.165, 1.54) is 12.1 Å². The van der Waals surface area contributed by atoms with Gasteiger partial charge in [-0.05, 0) is 55.1 Å². The Hall–Kier alpha value is -1.78. The van der Waals surface area contributed by atoms with Crippen LogP contribution in [0.25, 0.3) is 0 Å². The van der Waals surface area contributed by atoms with E-state index in [1.807, 2.05) is 6.07 Å². The van der Waals surface area contributed by atoms with Crippen LogP contribution in [0.2, 0.25) is 5.02 Å². The number of halogens is 3. The molecule has 7 nitrogen and oxygen atoms in total. The maximum atomic E-state index is 13.2. The van der Waals surface area contributed by atoms with E-state index in [0.29, 0.717) is 13.0 Å². The minimum atomic E-state index is -3.74. The van der Waals surface area contributed by atoms with E-state index >= 15 is 0 Å². The Morgan fingerprint density at radius 3 is 2.63 bits per heavy atom. The van der Waals surface area contributed by atoms with Gasteiger partial charge in [0.2, 0.25) is 10.0 Å². The average molecular weight is 478 g/mol. The first kappa shape index (κ1) is 24.5. The molecule has 0 amide bonds. The van der Waals surface area contributed by atoms with Crippen molar-refractivity contribution in [3.8, 4) is 0 Å². The summed E-state index contributed by atoms with van der Waals surface area (Å²) in [6, 6.07) is 8.27. The Morgan fingerprint density at radius 1 is 1.17 bits per heavy atom. The maximum absolute atomic E-state index is 13.2. The lowest BCUT2D eigenvalue weighted by molar-refractivity contribution is -0.385. The molecule has 0 bridgehead atoms. The quantitative estimate of drug-likeness (QED) is 0.353. The lowest BCUT2D eigenvalue weighted by Crippen LogP contribution is -2.32. The molecule has 11 heteroatoms. The van der Waals surface area contributed by atoms with Gasteiger partial charge in [0.05, 0.1) is 14.8 Å². The summed E-state index contributed by atoms with van der Waals surface area (Å²) in [4.78, 5) is 12.7. The molecule has 1 heterocycles. The van der Waals surface area contributed by atoms with E-state index in [-0.39, 0.29) is 39.5 Å². The Balaban J connectivity index is 0.00000320. The van der Waals surface area contributed by atoms with Crippen molar-refractivity contribution in [2.75, 3.05) is 19.6 Å². The van der Waals surface area contributed by atoms with Gasteiger partial charge in [0.25, 0.3) is 5.69 Å². The minimum absolute atomic E-state index is 0. The fourth-order valence-corrected chi connectivity index (χ4v) is 4.65. The molecule has 164 valence electrons. The van der Waals surface area contributed by atoms with Crippen LogP contribution in [0.1, 0.15) is 24.0 Å². The first-order chi connectivity index (χ1) is 13.8. The van der Waals surface area contributed by atoms with Crippen LogP contribution in [-0.2, 0) is 23.0 Å². The highest BCUT2D eigenvalue weighted by atomic mass is 35.5. The first-order valence-corrected chi connectivity index (χ1v) is 11.1. The zero-order valence-electron chi connectivity index (χ0n) is 16.0. The third-order valence-corrected chi connectivity index (χ3v) is 6.63. The largest absolute Gasteiger partial charge is 0.299 e. The van der Waals surface area contributed by atoms with Crippen molar-refractivity contribution in [1.82, 2.24) is 9.62 Å². The summed E-state index contributed by atoms with van der Waals surface area (Å²) in [5.41, 5.74) is 2.21. The predicted octanol–water partition coefficient (Wildman–Crippen LogP) is 3.93. The Bertz CT molecular complexity index is 1020. The summed E-state index contributed by atoms with van der Waals surface area (Å²) in [6.07, 6.45) is 2.24. The zero-order chi connectivity index (χ0) is 21.0. The van der Waals surface area contributed by atoms with E-state index in [2.05, 4.69) is 9.62 Å². The topological polar surface area (TPSA) is 92.6 Å². The van der Waals surface area contributed by atoms with Gasteiger partial charge < -0.3 is 0 Å². The van der Waals surface area contributed by atoms with E-state index in [1.54, 1.807) is 6.07 Å². The number of unbranched alkanes of at least 4 members (excludes halogenated alkanes) is 1. The van der Waals surface area contributed by atoms with Crippen LogP contribution in [0.15, 0.2) is 41.3 Å². The molecule has 0 saturated heterocycles. The van der Waals surface area contributed by atoms with E-state index in [4.69, 9.17) is 11.6 Å². The number of rotatable bonds is 8. The molecule has 30 heavy (non-hydrogen) atoms. The summed E-state index contributed by atoms with van der Waals surface area (Å²) < 4.78 is 40.1. The Labute approximate surface area is 185 Å². The van der Waals surface area contributed by atoms with Crippen molar-refractivity contribution >= 4 is 39.7 Å². The van der Waals surface area contributed by atoms with Crippen LogP contribution >= 0.6 is 24.0 Å². The summed E-state index contributed by atoms with van der Waals surface area (Å²) in [5, 5.41) is 10.7. The molecular weight excluding hydrogens is 456 g/mol. The molecular formula is C19H22Cl2FN3O4S. The van der Waals surface area contributed by atoms with Gasteiger partial charge in [-0.25, -0.2) is 17.5 Å². The highest BCUT2D eigenvalue weighted by Gasteiger charge is 2.19. The third kappa shape index (κ3) is 6.12. The molecule has 0 atom stereocenters. The molecule has 0 aliphatic carbocycles. The van der Waals surface area contributed by atoms with Crippen molar-refractivity contribution in [2.24, 2.45) is 0 Å². The molecule has 0 fully saturated rings. The second-order valence-corrected chi connectivity index (χ2v) is 9.09. The smallest absolute Gasteiger partial charge is 0.269 e. The van der Waals surface area contributed by atoms with Gasteiger partial charge in [0, 0.05) is 31.8 Å². The van der Waals surface area contributed by atoms with Crippen LogP contribution < -0.4 is 4.72 Å². The number of nitrogens with one attached hydrogen (secondary N) is 1. The number of hydrogen-bond acceptors (Lipinski definition) is 5. The molecule has 1 aliphatic rings. The van der Waals surface area contributed by atoms with Crippen molar-refractivity contribution in [1.29, 1.82) is 0 Å². The fourth-order valence-electron chi connectivity index (χ4n) is 3.30. The molecule has 1 N–H and O–H groups in total. The number of nitro benzene ring substituents is 1. The zero-order valence-corrected chi connectivity index (χ0v) is 18.4. The monoisotopic (exact) mass is 477 g/mol. The highest BCUT2D eigenvalue weighted by Crippen LogP contribution is 2.24. The number of nitro groups is 1. The normalized spacial score (nSPS) is 14.1. The average Bonchev–Trinajstić information content (AvgIpc) is 2.69. The summed E-state index contributed by atoms with van der Waals surface area (Å²) in [5.74, 6) is -0.668. The number of hydrogen-bond donors (Lipinski definition) is 1. The van der Waals surface area contributed by atoms with Crippen LogP contribution in [0.5, 0.6) is 0 Å². The van der Waals surface area contributed by atoms with E-state index in [9.17, 15) is 22.9 Å². The van der Waals surface area contributed by atoms with Gasteiger partial charge in [-0.2, -0.15) is 0 Å². The van der Waals surface area contributed by atoms with Crippen molar-refractivity contribution in [2.45, 2.75) is 30.7 Å². The number of nitrogens with zero attached hydrogens (tertiary/aromatic N) is 2.